The molecule has 6 nitrogen and oxygen atoms in total. The van der Waals surface area contributed by atoms with Gasteiger partial charge in [0.2, 0.25) is 0 Å². The molecular weight excluding hydrogens is 300 g/mol. The summed E-state index contributed by atoms with van der Waals surface area (Å²) in [6.07, 6.45) is 7.05. The predicted molar refractivity (Wildman–Crippen MR) is 98.4 cm³/mol. The summed E-state index contributed by atoms with van der Waals surface area (Å²) in [7, 11) is 1.94. The molecule has 6 heteroatoms. The third kappa shape index (κ3) is 3.53. The van der Waals surface area contributed by atoms with Gasteiger partial charge in [-0.25, -0.2) is 9.97 Å². The van der Waals surface area contributed by atoms with E-state index in [4.69, 9.17) is 4.98 Å². The number of aromatic nitrogens is 4. The number of rotatable bonds is 6. The summed E-state index contributed by atoms with van der Waals surface area (Å²) in [5.74, 6) is 2.10. The highest BCUT2D eigenvalue weighted by Crippen LogP contribution is 2.23. The largest absolute Gasteiger partial charge is 0.368 e. The van der Waals surface area contributed by atoms with Crippen molar-refractivity contribution >= 4 is 16.9 Å². The molecule has 1 fully saturated rings. The van der Waals surface area contributed by atoms with E-state index in [2.05, 4.69) is 41.1 Å². The molecule has 1 saturated heterocycles. The molecule has 0 unspecified atom stereocenters. The summed E-state index contributed by atoms with van der Waals surface area (Å²) in [5.41, 5.74) is 0.905. The van der Waals surface area contributed by atoms with Crippen LogP contribution in [0.4, 0.5) is 5.82 Å². The molecule has 3 heterocycles. The molecule has 1 aliphatic heterocycles. The molecule has 2 aromatic rings. The highest BCUT2D eigenvalue weighted by molar-refractivity contribution is 5.86. The lowest BCUT2D eigenvalue weighted by Crippen LogP contribution is -2.42. The first-order valence-corrected chi connectivity index (χ1v) is 9.27. The fraction of sp³-hybridized carbons (Fsp3) is 0.722. The van der Waals surface area contributed by atoms with Crippen LogP contribution in [0.25, 0.3) is 11.0 Å². The van der Waals surface area contributed by atoms with Gasteiger partial charge in [-0.3, -0.25) is 9.58 Å². The van der Waals surface area contributed by atoms with Crippen LogP contribution in [0.2, 0.25) is 0 Å². The van der Waals surface area contributed by atoms with Crippen molar-refractivity contribution in [2.75, 3.05) is 25.0 Å². The van der Waals surface area contributed by atoms with E-state index in [0.717, 1.165) is 35.6 Å². The Hall–Kier alpha value is -1.69. The molecular formula is C18H30N6. The second kappa shape index (κ2) is 7.47. The van der Waals surface area contributed by atoms with Crippen LogP contribution in [0.1, 0.15) is 58.2 Å². The van der Waals surface area contributed by atoms with Gasteiger partial charge in [0, 0.05) is 25.6 Å². The predicted octanol–water partition coefficient (Wildman–Crippen LogP) is 3.16. The van der Waals surface area contributed by atoms with Gasteiger partial charge in [0.1, 0.15) is 11.6 Å². The molecule has 0 aliphatic carbocycles. The third-order valence-corrected chi connectivity index (χ3v) is 5.01. The zero-order valence-electron chi connectivity index (χ0n) is 15.4. The summed E-state index contributed by atoms with van der Waals surface area (Å²) in [5, 5.41) is 8.97. The van der Waals surface area contributed by atoms with Gasteiger partial charge < -0.3 is 5.32 Å². The van der Waals surface area contributed by atoms with Crippen molar-refractivity contribution in [2.24, 2.45) is 7.05 Å². The van der Waals surface area contributed by atoms with E-state index < -0.39 is 0 Å². The normalized spacial score (nSPS) is 17.5. The average molecular weight is 330 g/mol. The fourth-order valence-electron chi connectivity index (χ4n) is 3.46. The molecule has 0 amide bonds. The van der Waals surface area contributed by atoms with Gasteiger partial charge in [0.25, 0.3) is 0 Å². The van der Waals surface area contributed by atoms with Crippen molar-refractivity contribution in [3.63, 3.8) is 0 Å². The summed E-state index contributed by atoms with van der Waals surface area (Å²) < 4.78 is 1.83. The number of fused-ring (bicyclic) bond motifs is 1. The van der Waals surface area contributed by atoms with Gasteiger partial charge in [-0.2, -0.15) is 5.10 Å². The summed E-state index contributed by atoms with van der Waals surface area (Å²) >= 11 is 0. The van der Waals surface area contributed by atoms with Crippen molar-refractivity contribution < 1.29 is 0 Å². The second-order valence-corrected chi connectivity index (χ2v) is 7.13. The third-order valence-electron chi connectivity index (χ3n) is 5.01. The van der Waals surface area contributed by atoms with Crippen LogP contribution in [0.5, 0.6) is 0 Å². The molecule has 0 spiro atoms. The van der Waals surface area contributed by atoms with Crippen LogP contribution in [-0.2, 0) is 7.05 Å². The van der Waals surface area contributed by atoms with Crippen LogP contribution in [0.15, 0.2) is 6.20 Å². The second-order valence-electron chi connectivity index (χ2n) is 7.13. The number of anilines is 1. The first-order valence-electron chi connectivity index (χ1n) is 9.27. The Morgan fingerprint density at radius 3 is 2.58 bits per heavy atom. The Morgan fingerprint density at radius 2 is 1.92 bits per heavy atom. The van der Waals surface area contributed by atoms with Crippen molar-refractivity contribution in [3.8, 4) is 0 Å². The Bertz CT molecular complexity index is 671. The lowest BCUT2D eigenvalue weighted by atomic mass is 10.1. The zero-order chi connectivity index (χ0) is 17.1. The number of hydrogen-bond acceptors (Lipinski definition) is 5. The average Bonchev–Trinajstić information content (AvgIpc) is 2.97. The summed E-state index contributed by atoms with van der Waals surface area (Å²) in [4.78, 5) is 12.1. The molecule has 0 radical (unpaired) electrons. The molecule has 0 aromatic carbocycles. The van der Waals surface area contributed by atoms with E-state index in [1.165, 1.54) is 32.4 Å². The Labute approximate surface area is 144 Å². The fourth-order valence-corrected chi connectivity index (χ4v) is 3.46. The van der Waals surface area contributed by atoms with Gasteiger partial charge in [0.15, 0.2) is 5.65 Å². The molecule has 132 valence electrons. The Morgan fingerprint density at radius 1 is 1.17 bits per heavy atom. The van der Waals surface area contributed by atoms with E-state index in [9.17, 15) is 0 Å². The highest BCUT2D eigenvalue weighted by Gasteiger charge is 2.20. The SMILES string of the molecule is CC[C@H](CNc1nc(C(C)C)nc2c1cnn2C)N1CCCCC1. The lowest BCUT2D eigenvalue weighted by molar-refractivity contribution is 0.166. The maximum absolute atomic E-state index is 4.77. The minimum Gasteiger partial charge on any atom is -0.368 e. The number of likely N-dealkylation sites (tertiary alicyclic amines) is 1. The maximum Gasteiger partial charge on any atom is 0.163 e. The first-order chi connectivity index (χ1) is 11.6. The Kier molecular flexibility index (Phi) is 5.33. The standard InChI is InChI=1S/C18H30N6/c1-5-14(24-9-7-6-8-10-24)11-19-17-15-12-20-23(4)18(15)22-16(21-17)13(2)3/h12-14H,5-11H2,1-4H3,(H,19,21,22)/t14-/m1/s1. The number of nitrogens with zero attached hydrogens (tertiary/aromatic N) is 5. The van der Waals surface area contributed by atoms with Crippen LogP contribution < -0.4 is 5.32 Å². The van der Waals surface area contributed by atoms with Crippen LogP contribution >= 0.6 is 0 Å². The first kappa shape index (κ1) is 17.1. The lowest BCUT2D eigenvalue weighted by Gasteiger charge is -2.34. The topological polar surface area (TPSA) is 58.9 Å². The van der Waals surface area contributed by atoms with Gasteiger partial charge >= 0.3 is 0 Å². The van der Waals surface area contributed by atoms with E-state index in [1.807, 2.05) is 17.9 Å². The van der Waals surface area contributed by atoms with Gasteiger partial charge in [-0.15, -0.1) is 0 Å². The van der Waals surface area contributed by atoms with Gasteiger partial charge in [-0.05, 0) is 32.4 Å². The van der Waals surface area contributed by atoms with E-state index >= 15 is 0 Å². The van der Waals surface area contributed by atoms with Crippen LogP contribution in [0.3, 0.4) is 0 Å². The molecule has 2 aromatic heterocycles. The van der Waals surface area contributed by atoms with Crippen molar-refractivity contribution in [1.82, 2.24) is 24.6 Å². The van der Waals surface area contributed by atoms with Gasteiger partial charge in [-0.1, -0.05) is 27.2 Å². The molecule has 3 rings (SSSR count). The van der Waals surface area contributed by atoms with Gasteiger partial charge in [0.05, 0.1) is 11.6 Å². The molecule has 1 atom stereocenters. The Balaban J connectivity index is 1.80. The van der Waals surface area contributed by atoms with Crippen molar-refractivity contribution in [1.29, 1.82) is 0 Å². The molecule has 24 heavy (non-hydrogen) atoms. The molecule has 0 saturated carbocycles. The minimum absolute atomic E-state index is 0.300. The van der Waals surface area contributed by atoms with Crippen LogP contribution in [-0.4, -0.2) is 50.3 Å². The minimum atomic E-state index is 0.300. The van der Waals surface area contributed by atoms with Crippen LogP contribution in [0, 0.1) is 0 Å². The zero-order valence-corrected chi connectivity index (χ0v) is 15.4. The number of hydrogen-bond donors (Lipinski definition) is 1. The molecule has 0 bridgehead atoms. The molecule has 1 aliphatic rings. The van der Waals surface area contributed by atoms with Crippen molar-refractivity contribution in [3.05, 3.63) is 12.0 Å². The molecule has 1 N–H and O–H groups in total. The smallest absolute Gasteiger partial charge is 0.163 e. The van der Waals surface area contributed by atoms with E-state index in [0.29, 0.717) is 12.0 Å². The van der Waals surface area contributed by atoms with Crippen molar-refractivity contribution in [2.45, 2.75) is 58.4 Å². The highest BCUT2D eigenvalue weighted by atomic mass is 15.3. The monoisotopic (exact) mass is 330 g/mol. The van der Waals surface area contributed by atoms with E-state index in [-0.39, 0.29) is 0 Å². The number of nitrogens with one attached hydrogen (secondary N) is 1. The van der Waals surface area contributed by atoms with E-state index in [1.54, 1.807) is 0 Å². The summed E-state index contributed by atoms with van der Waals surface area (Å²) in [6.45, 7) is 9.91. The maximum atomic E-state index is 4.77. The number of piperidine rings is 1. The summed E-state index contributed by atoms with van der Waals surface area (Å²) in [6, 6.07) is 0.564. The number of aryl methyl sites for hydroxylation is 1. The quantitative estimate of drug-likeness (QED) is 0.881.